The number of benzene rings is 3. The molecule has 0 saturated carbocycles. The molecule has 4 aromatic rings. The average molecular weight is 399 g/mol. The second-order valence-electron chi connectivity index (χ2n) is 7.48. The number of hydrogen-bond acceptors (Lipinski definition) is 5. The Kier molecular flexibility index (Phi) is 3.49. The van der Waals surface area contributed by atoms with E-state index in [2.05, 4.69) is 0 Å². The number of hydrogen-bond donors (Lipinski definition) is 1. The first-order valence-electron chi connectivity index (χ1n) is 9.65. The lowest BCUT2D eigenvalue weighted by Crippen LogP contribution is -2.40. The quantitative estimate of drug-likeness (QED) is 0.565. The van der Waals surface area contributed by atoms with E-state index in [1.165, 1.54) is 0 Å². The lowest BCUT2D eigenvalue weighted by molar-refractivity contribution is -0.132. The van der Waals surface area contributed by atoms with Crippen LogP contribution < -0.4 is 14.4 Å². The molecular formula is C24H17NO5. The van der Waals surface area contributed by atoms with Gasteiger partial charge in [-0.15, -0.1) is 0 Å². The minimum absolute atomic E-state index is 0.194. The monoisotopic (exact) mass is 399 g/mol. The molecule has 0 saturated heterocycles. The van der Waals surface area contributed by atoms with Crippen LogP contribution in [-0.2, 0) is 16.9 Å². The van der Waals surface area contributed by atoms with Crippen LogP contribution in [0.15, 0.2) is 77.4 Å². The summed E-state index contributed by atoms with van der Waals surface area (Å²) in [7, 11) is 0. The summed E-state index contributed by atoms with van der Waals surface area (Å²) in [4.78, 5) is 15.2. The van der Waals surface area contributed by atoms with Gasteiger partial charge in [-0.05, 0) is 35.9 Å². The summed E-state index contributed by atoms with van der Waals surface area (Å²) in [5, 5.41) is 12.6. The van der Waals surface area contributed by atoms with E-state index in [-0.39, 0.29) is 6.79 Å². The van der Waals surface area contributed by atoms with Gasteiger partial charge in [-0.3, -0.25) is 4.79 Å². The first kappa shape index (κ1) is 17.1. The normalized spacial score (nSPS) is 19.5. The van der Waals surface area contributed by atoms with Gasteiger partial charge in [0.1, 0.15) is 5.58 Å². The molecule has 0 radical (unpaired) electrons. The van der Waals surface area contributed by atoms with Gasteiger partial charge in [0.05, 0.1) is 18.5 Å². The van der Waals surface area contributed by atoms with Crippen LogP contribution in [0.3, 0.4) is 0 Å². The van der Waals surface area contributed by atoms with E-state index in [1.54, 1.807) is 29.4 Å². The predicted molar refractivity (Wildman–Crippen MR) is 109 cm³/mol. The third kappa shape index (κ3) is 2.31. The maximum atomic E-state index is 13.6. The summed E-state index contributed by atoms with van der Waals surface area (Å²) in [6, 6.07) is 20.1. The number of anilines is 1. The predicted octanol–water partition coefficient (Wildman–Crippen LogP) is 3.94. The Morgan fingerprint density at radius 1 is 0.967 bits per heavy atom. The van der Waals surface area contributed by atoms with Crippen LogP contribution >= 0.6 is 0 Å². The Bertz CT molecular complexity index is 1310. The topological polar surface area (TPSA) is 72.1 Å². The smallest absolute Gasteiger partial charge is 0.268 e. The van der Waals surface area contributed by atoms with Gasteiger partial charge in [0.2, 0.25) is 6.79 Å². The molecule has 0 spiro atoms. The number of rotatable bonds is 3. The maximum absolute atomic E-state index is 13.6. The highest BCUT2D eigenvalue weighted by atomic mass is 16.7. The number of carbonyl (C=O) groups excluding carboxylic acids is 1. The molecule has 0 aliphatic carbocycles. The van der Waals surface area contributed by atoms with E-state index >= 15 is 0 Å². The molecule has 1 N–H and O–H groups in total. The molecular weight excluding hydrogens is 382 g/mol. The number of aliphatic hydroxyl groups is 1. The Morgan fingerprint density at radius 2 is 1.83 bits per heavy atom. The summed E-state index contributed by atoms with van der Waals surface area (Å²) < 4.78 is 16.3. The van der Waals surface area contributed by atoms with Crippen molar-refractivity contribution < 1.29 is 23.8 Å². The van der Waals surface area contributed by atoms with Crippen molar-refractivity contribution in [1.29, 1.82) is 0 Å². The van der Waals surface area contributed by atoms with E-state index in [9.17, 15) is 9.90 Å². The van der Waals surface area contributed by atoms with E-state index in [4.69, 9.17) is 13.9 Å². The molecule has 1 aromatic heterocycles. The van der Waals surface area contributed by atoms with Crippen LogP contribution in [-0.4, -0.2) is 17.8 Å². The molecule has 1 atom stereocenters. The second-order valence-corrected chi connectivity index (χ2v) is 7.48. The zero-order valence-corrected chi connectivity index (χ0v) is 15.9. The summed E-state index contributed by atoms with van der Waals surface area (Å²) in [6.07, 6.45) is 1.59. The Balaban J connectivity index is 1.44. The fourth-order valence-electron chi connectivity index (χ4n) is 4.27. The largest absolute Gasteiger partial charge is 0.464 e. The average Bonchev–Trinajstić information content (AvgIpc) is 3.48. The first-order valence-corrected chi connectivity index (χ1v) is 9.65. The fourth-order valence-corrected chi connectivity index (χ4v) is 4.27. The van der Waals surface area contributed by atoms with Gasteiger partial charge in [0.25, 0.3) is 5.91 Å². The van der Waals surface area contributed by atoms with Crippen molar-refractivity contribution >= 4 is 22.6 Å². The summed E-state index contributed by atoms with van der Waals surface area (Å²) in [5.41, 5.74) is 1.45. The molecule has 2 aliphatic heterocycles. The van der Waals surface area contributed by atoms with Crippen molar-refractivity contribution in [3.8, 4) is 11.5 Å². The van der Waals surface area contributed by atoms with Crippen molar-refractivity contribution in [1.82, 2.24) is 0 Å². The zero-order chi connectivity index (χ0) is 20.3. The van der Waals surface area contributed by atoms with Crippen molar-refractivity contribution in [2.75, 3.05) is 11.7 Å². The summed E-state index contributed by atoms with van der Waals surface area (Å²) in [6.45, 7) is 0.497. The number of carbonyl (C=O) groups is 1. The third-order valence-corrected chi connectivity index (χ3v) is 5.79. The van der Waals surface area contributed by atoms with Crippen molar-refractivity contribution in [3.63, 3.8) is 0 Å². The standard InChI is InChI=1S/C24H17NO5/c26-23-24(27,17-7-6-16-9-10-28-21(16)12-17)18-3-1-2-4-19(18)25(23)13-15-5-8-20-22(11-15)30-14-29-20/h1-12,27H,13-14H2. The van der Waals surface area contributed by atoms with E-state index < -0.39 is 11.5 Å². The van der Waals surface area contributed by atoms with Gasteiger partial charge in [-0.25, -0.2) is 0 Å². The first-order chi connectivity index (χ1) is 14.6. The van der Waals surface area contributed by atoms with Crippen molar-refractivity contribution in [3.05, 3.63) is 89.7 Å². The molecule has 148 valence electrons. The highest BCUT2D eigenvalue weighted by Gasteiger charge is 2.51. The minimum Gasteiger partial charge on any atom is -0.464 e. The number of nitrogens with zero attached hydrogens (tertiary/aromatic N) is 1. The summed E-state index contributed by atoms with van der Waals surface area (Å²) >= 11 is 0. The third-order valence-electron chi connectivity index (χ3n) is 5.79. The second kappa shape index (κ2) is 6.11. The summed E-state index contributed by atoms with van der Waals surface area (Å²) in [5.74, 6) is 0.952. The molecule has 2 aliphatic rings. The zero-order valence-electron chi connectivity index (χ0n) is 15.9. The minimum atomic E-state index is -1.78. The molecule has 6 heteroatoms. The molecule has 1 unspecified atom stereocenters. The van der Waals surface area contributed by atoms with Gasteiger partial charge < -0.3 is 23.9 Å². The van der Waals surface area contributed by atoms with Gasteiger partial charge in [0.15, 0.2) is 17.1 Å². The SMILES string of the molecule is O=C1N(Cc2ccc3c(c2)OCO3)c2ccccc2C1(O)c1ccc2ccoc2c1. The Morgan fingerprint density at radius 3 is 2.77 bits per heavy atom. The van der Waals surface area contributed by atoms with Gasteiger partial charge in [-0.1, -0.05) is 36.4 Å². The van der Waals surface area contributed by atoms with Gasteiger partial charge in [0, 0.05) is 16.5 Å². The van der Waals surface area contributed by atoms with Crippen molar-refractivity contribution in [2.24, 2.45) is 0 Å². The molecule has 0 fully saturated rings. The molecule has 1 amide bonds. The molecule has 6 rings (SSSR count). The molecule has 6 nitrogen and oxygen atoms in total. The number of ether oxygens (including phenoxy) is 2. The molecule has 0 bridgehead atoms. The maximum Gasteiger partial charge on any atom is 0.268 e. The van der Waals surface area contributed by atoms with E-state index in [1.807, 2.05) is 48.5 Å². The van der Waals surface area contributed by atoms with Crippen LogP contribution in [0.2, 0.25) is 0 Å². The van der Waals surface area contributed by atoms with Crippen LogP contribution in [0.5, 0.6) is 11.5 Å². The number of fused-ring (bicyclic) bond motifs is 3. The Labute approximate surface area is 171 Å². The molecule has 3 aromatic carbocycles. The molecule has 3 heterocycles. The lowest BCUT2D eigenvalue weighted by Gasteiger charge is -2.24. The highest BCUT2D eigenvalue weighted by Crippen LogP contribution is 2.46. The van der Waals surface area contributed by atoms with Gasteiger partial charge >= 0.3 is 0 Å². The van der Waals surface area contributed by atoms with E-state index in [0.717, 1.165) is 10.9 Å². The van der Waals surface area contributed by atoms with Crippen LogP contribution in [0, 0.1) is 0 Å². The lowest BCUT2D eigenvalue weighted by atomic mass is 9.87. The van der Waals surface area contributed by atoms with Crippen LogP contribution in [0.4, 0.5) is 5.69 Å². The van der Waals surface area contributed by atoms with Gasteiger partial charge in [-0.2, -0.15) is 0 Å². The highest BCUT2D eigenvalue weighted by molar-refractivity contribution is 6.09. The number of para-hydroxylation sites is 1. The molecule has 30 heavy (non-hydrogen) atoms. The van der Waals surface area contributed by atoms with Crippen molar-refractivity contribution in [2.45, 2.75) is 12.1 Å². The fraction of sp³-hybridized carbons (Fsp3) is 0.125. The number of furan rings is 1. The Hall–Kier alpha value is -3.77. The van der Waals surface area contributed by atoms with E-state index in [0.29, 0.717) is 40.4 Å². The number of amides is 1. The van der Waals surface area contributed by atoms with Crippen LogP contribution in [0.25, 0.3) is 11.0 Å². The van der Waals surface area contributed by atoms with Crippen LogP contribution in [0.1, 0.15) is 16.7 Å².